The number of carbonyl (C=O) groups excluding carboxylic acids is 1. The molecule has 0 saturated carbocycles. The van der Waals surface area contributed by atoms with Gasteiger partial charge in [-0.15, -0.1) is 0 Å². The minimum atomic E-state index is 0.0102. The topological polar surface area (TPSA) is 68.5 Å². The average molecular weight is 249 g/mol. The number of nitrogens with two attached hydrogens (primary N) is 1. The number of nitrogens with zero attached hydrogens (tertiary/aromatic N) is 2. The molecule has 1 aromatic rings. The molecule has 5 nitrogen and oxygen atoms in total. The molecule has 0 aliphatic carbocycles. The highest BCUT2D eigenvalue weighted by Gasteiger charge is 2.34. The quantitative estimate of drug-likeness (QED) is 0.851. The smallest absolute Gasteiger partial charge is 0.260 e. The lowest BCUT2D eigenvalue weighted by atomic mass is 9.90. The lowest BCUT2D eigenvalue weighted by molar-refractivity contribution is -0.132. The number of rotatable bonds is 4. The zero-order valence-corrected chi connectivity index (χ0v) is 10.6. The monoisotopic (exact) mass is 249 g/mol. The third kappa shape index (κ3) is 2.98. The Bertz CT molecular complexity index is 410. The molecule has 2 N–H and O–H groups in total. The van der Waals surface area contributed by atoms with Gasteiger partial charge in [0.05, 0.1) is 6.20 Å². The maximum absolute atomic E-state index is 12.0. The van der Waals surface area contributed by atoms with Crippen LogP contribution in [0.15, 0.2) is 24.5 Å². The van der Waals surface area contributed by atoms with Crippen molar-refractivity contribution in [3.8, 4) is 5.75 Å². The second-order valence-corrected chi connectivity index (χ2v) is 5.06. The molecule has 2 heterocycles. The molecule has 0 spiro atoms. The Hall–Kier alpha value is -1.62. The van der Waals surface area contributed by atoms with E-state index in [1.54, 1.807) is 24.5 Å². The highest BCUT2D eigenvalue weighted by Crippen LogP contribution is 2.28. The summed E-state index contributed by atoms with van der Waals surface area (Å²) in [5.41, 5.74) is 5.78. The Balaban J connectivity index is 1.83. The first-order valence-corrected chi connectivity index (χ1v) is 6.14. The molecule has 5 heteroatoms. The Morgan fingerprint density at radius 2 is 2.50 bits per heavy atom. The standard InChI is InChI=1S/C13H19N3O2/c1-13(9-14)4-6-16(10-13)12(17)8-18-11-3-2-5-15-7-11/h2-3,5,7H,4,6,8-10,14H2,1H3. The highest BCUT2D eigenvalue weighted by molar-refractivity contribution is 5.78. The van der Waals surface area contributed by atoms with Crippen LogP contribution in [0.2, 0.25) is 0 Å². The van der Waals surface area contributed by atoms with Crippen molar-refractivity contribution in [3.05, 3.63) is 24.5 Å². The number of hydrogen-bond acceptors (Lipinski definition) is 4. The molecule has 1 amide bonds. The van der Waals surface area contributed by atoms with E-state index in [1.807, 2.05) is 4.90 Å². The van der Waals surface area contributed by atoms with Crippen LogP contribution in [0.4, 0.5) is 0 Å². The van der Waals surface area contributed by atoms with E-state index in [0.717, 1.165) is 19.5 Å². The van der Waals surface area contributed by atoms with E-state index >= 15 is 0 Å². The summed E-state index contributed by atoms with van der Waals surface area (Å²) >= 11 is 0. The zero-order valence-electron chi connectivity index (χ0n) is 10.6. The fraction of sp³-hybridized carbons (Fsp3) is 0.538. The van der Waals surface area contributed by atoms with Gasteiger partial charge in [-0.3, -0.25) is 9.78 Å². The maximum Gasteiger partial charge on any atom is 0.260 e. The van der Waals surface area contributed by atoms with Crippen LogP contribution in [0.3, 0.4) is 0 Å². The summed E-state index contributed by atoms with van der Waals surface area (Å²) in [6.45, 7) is 4.27. The third-order valence-corrected chi connectivity index (χ3v) is 3.40. The van der Waals surface area contributed by atoms with Crippen molar-refractivity contribution in [2.75, 3.05) is 26.2 Å². The number of hydrogen-bond donors (Lipinski definition) is 1. The van der Waals surface area contributed by atoms with Gasteiger partial charge in [-0.25, -0.2) is 0 Å². The van der Waals surface area contributed by atoms with Gasteiger partial charge in [0.25, 0.3) is 5.91 Å². The molecule has 1 aliphatic rings. The van der Waals surface area contributed by atoms with Crippen molar-refractivity contribution in [3.63, 3.8) is 0 Å². The summed E-state index contributed by atoms with van der Waals surface area (Å²) in [4.78, 5) is 17.7. The fourth-order valence-electron chi connectivity index (χ4n) is 2.07. The van der Waals surface area contributed by atoms with Gasteiger partial charge >= 0.3 is 0 Å². The van der Waals surface area contributed by atoms with Gasteiger partial charge in [-0.1, -0.05) is 6.92 Å². The van der Waals surface area contributed by atoms with E-state index in [9.17, 15) is 4.79 Å². The van der Waals surface area contributed by atoms with Crippen molar-refractivity contribution < 1.29 is 9.53 Å². The molecule has 2 rings (SSSR count). The Kier molecular flexibility index (Phi) is 3.81. The van der Waals surface area contributed by atoms with E-state index in [2.05, 4.69) is 11.9 Å². The number of aromatic nitrogens is 1. The van der Waals surface area contributed by atoms with Crippen LogP contribution in [0, 0.1) is 5.41 Å². The number of amides is 1. The van der Waals surface area contributed by atoms with Crippen LogP contribution in [-0.4, -0.2) is 42.0 Å². The predicted octanol–water partition coefficient (Wildman–Crippen LogP) is 0.658. The predicted molar refractivity (Wildman–Crippen MR) is 68.1 cm³/mol. The van der Waals surface area contributed by atoms with E-state index in [4.69, 9.17) is 10.5 Å². The van der Waals surface area contributed by atoms with Crippen LogP contribution in [-0.2, 0) is 4.79 Å². The Labute approximate surface area is 107 Å². The first-order valence-electron chi connectivity index (χ1n) is 6.14. The summed E-state index contributed by atoms with van der Waals surface area (Å²) in [7, 11) is 0. The summed E-state index contributed by atoms with van der Waals surface area (Å²) in [6.07, 6.45) is 4.23. The van der Waals surface area contributed by atoms with Gasteiger partial charge in [-0.05, 0) is 30.5 Å². The summed E-state index contributed by atoms with van der Waals surface area (Å²) in [5, 5.41) is 0. The van der Waals surface area contributed by atoms with Crippen molar-refractivity contribution in [1.29, 1.82) is 0 Å². The zero-order chi connectivity index (χ0) is 13.0. The molecule has 98 valence electrons. The summed E-state index contributed by atoms with van der Waals surface area (Å²) in [6, 6.07) is 3.56. The van der Waals surface area contributed by atoms with Gasteiger partial charge in [0, 0.05) is 19.3 Å². The average Bonchev–Trinajstić information content (AvgIpc) is 2.81. The van der Waals surface area contributed by atoms with Crippen molar-refractivity contribution >= 4 is 5.91 Å². The summed E-state index contributed by atoms with van der Waals surface area (Å²) < 4.78 is 5.40. The highest BCUT2D eigenvalue weighted by atomic mass is 16.5. The molecule has 1 aliphatic heterocycles. The van der Waals surface area contributed by atoms with Crippen LogP contribution in [0.25, 0.3) is 0 Å². The second-order valence-electron chi connectivity index (χ2n) is 5.06. The van der Waals surface area contributed by atoms with Gasteiger partial charge < -0.3 is 15.4 Å². The molecule has 18 heavy (non-hydrogen) atoms. The van der Waals surface area contributed by atoms with Gasteiger partial charge in [-0.2, -0.15) is 0 Å². The minimum Gasteiger partial charge on any atom is -0.482 e. The van der Waals surface area contributed by atoms with Crippen molar-refractivity contribution in [2.24, 2.45) is 11.1 Å². The molecule has 0 aromatic carbocycles. The minimum absolute atomic E-state index is 0.0102. The number of pyridine rings is 1. The summed E-state index contributed by atoms with van der Waals surface area (Å²) in [5.74, 6) is 0.627. The SMILES string of the molecule is CC1(CN)CCN(C(=O)COc2cccnc2)C1. The molecule has 1 aromatic heterocycles. The first kappa shape index (κ1) is 12.8. The third-order valence-electron chi connectivity index (χ3n) is 3.40. The molecular formula is C13H19N3O2. The van der Waals surface area contributed by atoms with E-state index in [0.29, 0.717) is 12.3 Å². The Morgan fingerprint density at radius 3 is 3.11 bits per heavy atom. The molecule has 1 fully saturated rings. The normalized spacial score (nSPS) is 23.1. The first-order chi connectivity index (χ1) is 8.63. The van der Waals surface area contributed by atoms with E-state index in [1.165, 1.54) is 0 Å². The molecule has 1 unspecified atom stereocenters. The van der Waals surface area contributed by atoms with Gasteiger partial charge in [0.15, 0.2) is 6.61 Å². The number of carbonyl (C=O) groups is 1. The van der Waals surface area contributed by atoms with Crippen LogP contribution in [0.1, 0.15) is 13.3 Å². The van der Waals surface area contributed by atoms with Crippen LogP contribution in [0.5, 0.6) is 5.75 Å². The fourth-order valence-corrected chi connectivity index (χ4v) is 2.07. The molecule has 0 radical (unpaired) electrons. The van der Waals surface area contributed by atoms with Gasteiger partial charge in [0.1, 0.15) is 5.75 Å². The molecule has 0 bridgehead atoms. The number of ether oxygens (including phenoxy) is 1. The Morgan fingerprint density at radius 1 is 1.67 bits per heavy atom. The second kappa shape index (κ2) is 5.35. The van der Waals surface area contributed by atoms with Crippen molar-refractivity contribution in [1.82, 2.24) is 9.88 Å². The number of likely N-dealkylation sites (tertiary alicyclic amines) is 1. The largest absolute Gasteiger partial charge is 0.482 e. The molecular weight excluding hydrogens is 230 g/mol. The van der Waals surface area contributed by atoms with Crippen LogP contribution >= 0.6 is 0 Å². The van der Waals surface area contributed by atoms with E-state index in [-0.39, 0.29) is 17.9 Å². The van der Waals surface area contributed by atoms with Gasteiger partial charge in [0.2, 0.25) is 0 Å². The lowest BCUT2D eigenvalue weighted by Gasteiger charge is -2.22. The van der Waals surface area contributed by atoms with Crippen molar-refractivity contribution in [2.45, 2.75) is 13.3 Å². The maximum atomic E-state index is 12.0. The molecule has 1 saturated heterocycles. The molecule has 1 atom stereocenters. The lowest BCUT2D eigenvalue weighted by Crippen LogP contribution is -2.36. The van der Waals surface area contributed by atoms with E-state index < -0.39 is 0 Å². The van der Waals surface area contributed by atoms with Crippen LogP contribution < -0.4 is 10.5 Å².